The van der Waals surface area contributed by atoms with Crippen LogP contribution in [0.1, 0.15) is 6.92 Å². The number of hydrogen-bond acceptors (Lipinski definition) is 6. The maximum absolute atomic E-state index is 11.7. The van der Waals surface area contributed by atoms with E-state index in [-0.39, 0.29) is 17.2 Å². The minimum Gasteiger partial charge on any atom is -0.353 e. The van der Waals surface area contributed by atoms with Crippen molar-refractivity contribution in [2.75, 3.05) is 18.0 Å². The zero-order valence-corrected chi connectivity index (χ0v) is 11.4. The molecule has 1 saturated heterocycles. The summed E-state index contributed by atoms with van der Waals surface area (Å²) in [6, 6.07) is 1.40. The van der Waals surface area contributed by atoms with Crippen LogP contribution in [0.2, 0.25) is 5.28 Å². The number of aromatic nitrogens is 5. The number of carbonyl (C=O) groups excluding carboxylic acids is 1. The Morgan fingerprint density at radius 3 is 2.90 bits per heavy atom. The predicted octanol–water partition coefficient (Wildman–Crippen LogP) is 0.0354. The number of piperazine rings is 1. The van der Waals surface area contributed by atoms with Crippen LogP contribution in [0, 0.1) is 0 Å². The molecule has 104 valence electrons. The van der Waals surface area contributed by atoms with Gasteiger partial charge in [0, 0.05) is 25.5 Å². The van der Waals surface area contributed by atoms with Crippen molar-refractivity contribution in [3.8, 4) is 5.95 Å². The van der Waals surface area contributed by atoms with Crippen LogP contribution < -0.4 is 10.2 Å². The van der Waals surface area contributed by atoms with Gasteiger partial charge in [-0.2, -0.15) is 20.1 Å². The molecule has 1 aliphatic heterocycles. The molecule has 0 saturated carbocycles. The maximum Gasteiger partial charge on any atom is 0.256 e. The summed E-state index contributed by atoms with van der Waals surface area (Å²) in [5.74, 6) is 0.634. The molecular weight excluding hydrogens is 282 g/mol. The highest BCUT2D eigenvalue weighted by Gasteiger charge is 2.28. The average Bonchev–Trinajstić information content (AvgIpc) is 2.95. The number of nitrogens with zero attached hydrogens (tertiary/aromatic N) is 6. The first-order valence-corrected chi connectivity index (χ1v) is 6.49. The molecule has 1 fully saturated rings. The van der Waals surface area contributed by atoms with Crippen LogP contribution in [0.25, 0.3) is 5.95 Å². The first-order valence-electron chi connectivity index (χ1n) is 6.11. The second-order valence-electron chi connectivity index (χ2n) is 4.32. The SMILES string of the molecule is CC1C(=O)NCCN1c1nc(Cl)nc(-n2cccn2)n1. The molecule has 3 heterocycles. The Morgan fingerprint density at radius 1 is 1.35 bits per heavy atom. The van der Waals surface area contributed by atoms with Gasteiger partial charge in [-0.25, -0.2) is 4.68 Å². The minimum atomic E-state index is -0.354. The molecule has 0 aromatic carbocycles. The topological polar surface area (TPSA) is 88.8 Å². The van der Waals surface area contributed by atoms with E-state index < -0.39 is 0 Å². The summed E-state index contributed by atoms with van der Waals surface area (Å²) < 4.78 is 1.49. The van der Waals surface area contributed by atoms with Gasteiger partial charge in [-0.15, -0.1) is 0 Å². The predicted molar refractivity (Wildman–Crippen MR) is 71.8 cm³/mol. The molecule has 8 nitrogen and oxygen atoms in total. The van der Waals surface area contributed by atoms with Gasteiger partial charge in [-0.1, -0.05) is 0 Å². The third-order valence-corrected chi connectivity index (χ3v) is 3.22. The number of hydrogen-bond donors (Lipinski definition) is 1. The third-order valence-electron chi connectivity index (χ3n) is 3.05. The summed E-state index contributed by atoms with van der Waals surface area (Å²) in [6.45, 7) is 2.95. The van der Waals surface area contributed by atoms with Gasteiger partial charge < -0.3 is 10.2 Å². The second-order valence-corrected chi connectivity index (χ2v) is 4.65. The molecule has 1 aliphatic rings. The van der Waals surface area contributed by atoms with Crippen LogP contribution in [0.15, 0.2) is 18.5 Å². The van der Waals surface area contributed by atoms with Crippen LogP contribution in [0.3, 0.4) is 0 Å². The smallest absolute Gasteiger partial charge is 0.256 e. The fraction of sp³-hybridized carbons (Fsp3) is 0.364. The number of amides is 1. The molecule has 2 aromatic heterocycles. The van der Waals surface area contributed by atoms with E-state index in [1.54, 1.807) is 30.3 Å². The molecule has 1 N–H and O–H groups in total. The highest BCUT2D eigenvalue weighted by molar-refractivity contribution is 6.28. The minimum absolute atomic E-state index is 0.0616. The first-order chi connectivity index (χ1) is 9.65. The molecule has 3 rings (SSSR count). The normalized spacial score (nSPS) is 19.0. The lowest BCUT2D eigenvalue weighted by Crippen LogP contribution is -2.54. The Kier molecular flexibility index (Phi) is 3.23. The largest absolute Gasteiger partial charge is 0.353 e. The summed E-state index contributed by atoms with van der Waals surface area (Å²) in [5.41, 5.74) is 0. The summed E-state index contributed by atoms with van der Waals surface area (Å²) in [4.78, 5) is 25.9. The van der Waals surface area contributed by atoms with E-state index in [1.165, 1.54) is 4.68 Å². The molecule has 20 heavy (non-hydrogen) atoms. The number of nitrogens with one attached hydrogen (secondary N) is 1. The van der Waals surface area contributed by atoms with E-state index in [1.807, 2.05) is 0 Å². The third kappa shape index (κ3) is 2.29. The fourth-order valence-corrected chi connectivity index (χ4v) is 2.15. The lowest BCUT2D eigenvalue weighted by Gasteiger charge is -2.32. The van der Waals surface area contributed by atoms with Gasteiger partial charge in [0.15, 0.2) is 0 Å². The number of carbonyl (C=O) groups is 1. The van der Waals surface area contributed by atoms with E-state index in [9.17, 15) is 4.79 Å². The summed E-state index contributed by atoms with van der Waals surface area (Å²) in [5, 5.41) is 6.91. The number of halogens is 1. The molecule has 2 aromatic rings. The Morgan fingerprint density at radius 2 is 2.15 bits per heavy atom. The number of rotatable bonds is 2. The molecule has 0 spiro atoms. The van der Waals surface area contributed by atoms with Crippen LogP contribution in [0.4, 0.5) is 5.95 Å². The van der Waals surface area contributed by atoms with E-state index in [0.29, 0.717) is 25.0 Å². The highest BCUT2D eigenvalue weighted by atomic mass is 35.5. The quantitative estimate of drug-likeness (QED) is 0.841. The molecule has 9 heteroatoms. The average molecular weight is 294 g/mol. The van der Waals surface area contributed by atoms with Gasteiger partial charge in [0.25, 0.3) is 5.95 Å². The molecule has 1 amide bonds. The lowest BCUT2D eigenvalue weighted by atomic mass is 10.2. The standard InChI is InChI=1S/C11H12ClN7O/c1-7-8(20)13-4-6-18(7)10-15-9(12)16-11(17-10)19-5-2-3-14-19/h2-3,5,7H,4,6H2,1H3,(H,13,20). The Bertz CT molecular complexity index is 630. The van der Waals surface area contributed by atoms with Gasteiger partial charge in [0.2, 0.25) is 17.1 Å². The highest BCUT2D eigenvalue weighted by Crippen LogP contribution is 2.17. The fourth-order valence-electron chi connectivity index (χ4n) is 2.00. The van der Waals surface area contributed by atoms with Gasteiger partial charge in [0.05, 0.1) is 0 Å². The van der Waals surface area contributed by atoms with Crippen molar-refractivity contribution in [3.05, 3.63) is 23.7 Å². The molecule has 1 atom stereocenters. The molecular formula is C11H12ClN7O. The first kappa shape index (κ1) is 12.8. The van der Waals surface area contributed by atoms with Gasteiger partial charge in [-0.3, -0.25) is 4.79 Å². The summed E-state index contributed by atoms with van der Waals surface area (Å²) in [6.07, 6.45) is 3.33. The van der Waals surface area contributed by atoms with E-state index in [0.717, 1.165) is 0 Å². The Hall–Kier alpha value is -2.22. The van der Waals surface area contributed by atoms with Crippen molar-refractivity contribution < 1.29 is 4.79 Å². The van der Waals surface area contributed by atoms with Crippen LogP contribution in [-0.2, 0) is 4.79 Å². The Labute approximate surface area is 119 Å². The van der Waals surface area contributed by atoms with Gasteiger partial charge in [0.1, 0.15) is 6.04 Å². The van der Waals surface area contributed by atoms with Crippen molar-refractivity contribution in [2.45, 2.75) is 13.0 Å². The van der Waals surface area contributed by atoms with E-state index in [2.05, 4.69) is 25.4 Å². The van der Waals surface area contributed by atoms with Gasteiger partial charge >= 0.3 is 0 Å². The van der Waals surface area contributed by atoms with Crippen LogP contribution >= 0.6 is 11.6 Å². The molecule has 0 aliphatic carbocycles. The van der Waals surface area contributed by atoms with Crippen LogP contribution in [0.5, 0.6) is 0 Å². The summed E-state index contributed by atoms with van der Waals surface area (Å²) in [7, 11) is 0. The zero-order valence-electron chi connectivity index (χ0n) is 10.7. The molecule has 0 bridgehead atoms. The Balaban J connectivity index is 1.99. The monoisotopic (exact) mass is 293 g/mol. The van der Waals surface area contributed by atoms with Gasteiger partial charge in [-0.05, 0) is 24.6 Å². The van der Waals surface area contributed by atoms with Crippen molar-refractivity contribution in [1.29, 1.82) is 0 Å². The summed E-state index contributed by atoms with van der Waals surface area (Å²) >= 11 is 5.94. The van der Waals surface area contributed by atoms with E-state index >= 15 is 0 Å². The van der Waals surface area contributed by atoms with Crippen molar-refractivity contribution >= 4 is 23.5 Å². The van der Waals surface area contributed by atoms with Crippen molar-refractivity contribution in [3.63, 3.8) is 0 Å². The zero-order chi connectivity index (χ0) is 14.1. The number of anilines is 1. The molecule has 1 unspecified atom stereocenters. The van der Waals surface area contributed by atoms with Crippen molar-refractivity contribution in [1.82, 2.24) is 30.0 Å². The van der Waals surface area contributed by atoms with Crippen LogP contribution in [-0.4, -0.2) is 49.8 Å². The van der Waals surface area contributed by atoms with Crippen molar-refractivity contribution in [2.24, 2.45) is 0 Å². The second kappa shape index (κ2) is 5.04. The maximum atomic E-state index is 11.7. The molecule has 0 radical (unpaired) electrons. The van der Waals surface area contributed by atoms with E-state index in [4.69, 9.17) is 11.6 Å². The lowest BCUT2D eigenvalue weighted by molar-refractivity contribution is -0.122.